The van der Waals surface area contributed by atoms with Gasteiger partial charge in [0.1, 0.15) is 0 Å². The van der Waals surface area contributed by atoms with Crippen molar-refractivity contribution in [3.05, 3.63) is 42.0 Å². The smallest absolute Gasteiger partial charge is 0.171 e. The third-order valence-corrected chi connectivity index (χ3v) is 1.26. The molecule has 0 bridgehead atoms. The molecule has 0 saturated carbocycles. The van der Waals surface area contributed by atoms with Crippen LogP contribution in [-0.2, 0) is 0 Å². The van der Waals surface area contributed by atoms with Gasteiger partial charge in [-0.25, -0.2) is 0 Å². The van der Waals surface area contributed by atoms with Crippen LogP contribution in [-0.4, -0.2) is 16.5 Å². The van der Waals surface area contributed by atoms with E-state index in [0.29, 0.717) is 0 Å². The molecule has 1 rings (SSSR count). The first-order valence-corrected chi connectivity index (χ1v) is 3.38. The summed E-state index contributed by atoms with van der Waals surface area (Å²) < 4.78 is 0. The Balaban J connectivity index is 2.65. The Morgan fingerprint density at radius 2 is 1.73 bits per heavy atom. The van der Waals surface area contributed by atoms with Gasteiger partial charge in [0.25, 0.3) is 0 Å². The molecule has 0 aromatic heterocycles. The van der Waals surface area contributed by atoms with Gasteiger partial charge in [-0.15, -0.1) is 0 Å². The van der Waals surface area contributed by atoms with Crippen molar-refractivity contribution in [1.29, 1.82) is 0 Å². The third kappa shape index (κ3) is 2.98. The maximum absolute atomic E-state index is 8.48. The zero-order chi connectivity index (χ0) is 8.10. The van der Waals surface area contributed by atoms with Crippen LogP contribution >= 0.6 is 0 Å². The molecule has 2 nitrogen and oxygen atoms in total. The zero-order valence-electron chi connectivity index (χ0n) is 6.01. The highest BCUT2D eigenvalue weighted by Crippen LogP contribution is 2.00. The maximum atomic E-state index is 8.48. The summed E-state index contributed by atoms with van der Waals surface area (Å²) in [6.45, 7) is 0. The Labute approximate surface area is 65.4 Å². The molecule has 0 aliphatic carbocycles. The lowest BCUT2D eigenvalue weighted by Gasteiger charge is -1.93. The van der Waals surface area contributed by atoms with E-state index in [2.05, 4.69) is 0 Å². The molecule has 0 heterocycles. The van der Waals surface area contributed by atoms with E-state index in [9.17, 15) is 0 Å². The normalized spacial score (nSPS) is 11.2. The van der Waals surface area contributed by atoms with Gasteiger partial charge in [0.15, 0.2) is 6.29 Å². The molecule has 0 amide bonds. The quantitative estimate of drug-likeness (QED) is 0.618. The Kier molecular flexibility index (Phi) is 2.83. The number of hydrogen-bond acceptors (Lipinski definition) is 2. The molecule has 58 valence electrons. The zero-order valence-corrected chi connectivity index (χ0v) is 6.01. The van der Waals surface area contributed by atoms with Gasteiger partial charge in [-0.05, 0) is 11.6 Å². The second-order valence-corrected chi connectivity index (χ2v) is 2.18. The average Bonchev–Trinajstić information content (AvgIpc) is 2.03. The molecular weight excluding hydrogens is 140 g/mol. The molecule has 0 radical (unpaired) electrons. The van der Waals surface area contributed by atoms with E-state index in [1.807, 2.05) is 30.3 Å². The van der Waals surface area contributed by atoms with E-state index in [1.165, 1.54) is 6.08 Å². The van der Waals surface area contributed by atoms with Crippen LogP contribution in [0.4, 0.5) is 0 Å². The Morgan fingerprint density at radius 3 is 2.27 bits per heavy atom. The highest BCUT2D eigenvalue weighted by atomic mass is 16.5. The van der Waals surface area contributed by atoms with Crippen LogP contribution in [0.15, 0.2) is 36.4 Å². The first-order chi connectivity index (χ1) is 5.29. The minimum absolute atomic E-state index is 0.959. The highest BCUT2D eigenvalue weighted by Gasteiger charge is 1.86. The van der Waals surface area contributed by atoms with Crippen LogP contribution in [0.2, 0.25) is 0 Å². The summed E-state index contributed by atoms with van der Waals surface area (Å²) in [6, 6.07) is 9.47. The molecule has 2 N–H and O–H groups in total. The van der Waals surface area contributed by atoms with Crippen LogP contribution in [0, 0.1) is 0 Å². The fraction of sp³-hybridized carbons (Fsp3) is 0.111. The molecule has 2 heteroatoms. The minimum Gasteiger partial charge on any atom is -0.365 e. The summed E-state index contributed by atoms with van der Waals surface area (Å²) in [6.07, 6.45) is 1.61. The first-order valence-electron chi connectivity index (χ1n) is 3.38. The summed E-state index contributed by atoms with van der Waals surface area (Å²) in [4.78, 5) is 0. The van der Waals surface area contributed by atoms with Crippen LogP contribution in [0.25, 0.3) is 6.08 Å². The molecule has 0 fully saturated rings. The van der Waals surface area contributed by atoms with Gasteiger partial charge >= 0.3 is 0 Å². The Bertz CT molecular complexity index is 227. The largest absolute Gasteiger partial charge is 0.365 e. The summed E-state index contributed by atoms with van der Waals surface area (Å²) >= 11 is 0. The van der Waals surface area contributed by atoms with Gasteiger partial charge in [-0.3, -0.25) is 0 Å². The van der Waals surface area contributed by atoms with Gasteiger partial charge in [-0.2, -0.15) is 0 Å². The molecule has 0 atom stereocenters. The average molecular weight is 150 g/mol. The van der Waals surface area contributed by atoms with Crippen LogP contribution in [0.1, 0.15) is 5.56 Å². The van der Waals surface area contributed by atoms with E-state index in [0.717, 1.165) is 5.56 Å². The van der Waals surface area contributed by atoms with E-state index in [4.69, 9.17) is 10.2 Å². The van der Waals surface area contributed by atoms with E-state index in [1.54, 1.807) is 6.08 Å². The molecule has 0 spiro atoms. The molecule has 1 aromatic rings. The van der Waals surface area contributed by atoms with Crippen LogP contribution < -0.4 is 0 Å². The summed E-state index contributed by atoms with van der Waals surface area (Å²) in [5.74, 6) is 0. The molecule has 0 aliphatic heterocycles. The SMILES string of the molecule is OC(O)/C=C/c1ccccc1. The monoisotopic (exact) mass is 150 g/mol. The molecule has 0 unspecified atom stereocenters. The van der Waals surface area contributed by atoms with Gasteiger partial charge in [0, 0.05) is 0 Å². The maximum Gasteiger partial charge on any atom is 0.171 e. The molecule has 11 heavy (non-hydrogen) atoms. The van der Waals surface area contributed by atoms with E-state index in [-0.39, 0.29) is 0 Å². The molecule has 1 aromatic carbocycles. The summed E-state index contributed by atoms with van der Waals surface area (Å²) in [7, 11) is 0. The second-order valence-electron chi connectivity index (χ2n) is 2.18. The van der Waals surface area contributed by atoms with Crippen molar-refractivity contribution in [2.24, 2.45) is 0 Å². The fourth-order valence-corrected chi connectivity index (χ4v) is 0.761. The second kappa shape index (κ2) is 3.91. The topological polar surface area (TPSA) is 40.5 Å². The van der Waals surface area contributed by atoms with E-state index >= 15 is 0 Å². The highest BCUT2D eigenvalue weighted by molar-refractivity contribution is 5.48. The number of hydrogen-bond donors (Lipinski definition) is 2. The lowest BCUT2D eigenvalue weighted by molar-refractivity contribution is 0.00304. The fourth-order valence-electron chi connectivity index (χ4n) is 0.761. The minimum atomic E-state index is -1.37. The Hall–Kier alpha value is -1.12. The number of aliphatic hydroxyl groups is 2. The predicted octanol–water partition coefficient (Wildman–Crippen LogP) is 1.01. The first kappa shape index (κ1) is 7.98. The standard InChI is InChI=1S/C9H10O2/c10-9(11)7-6-8-4-2-1-3-5-8/h1-7,9-11H/b7-6+. The number of rotatable bonds is 2. The lowest BCUT2D eigenvalue weighted by atomic mass is 10.2. The van der Waals surface area contributed by atoms with Gasteiger partial charge in [0.2, 0.25) is 0 Å². The molecular formula is C9H10O2. The van der Waals surface area contributed by atoms with Gasteiger partial charge in [0.05, 0.1) is 0 Å². The summed E-state index contributed by atoms with van der Waals surface area (Å²) in [5.41, 5.74) is 0.959. The lowest BCUT2D eigenvalue weighted by Crippen LogP contribution is -1.96. The number of aliphatic hydroxyl groups excluding tert-OH is 1. The third-order valence-electron chi connectivity index (χ3n) is 1.26. The van der Waals surface area contributed by atoms with Crippen molar-refractivity contribution in [3.8, 4) is 0 Å². The predicted molar refractivity (Wildman–Crippen MR) is 43.7 cm³/mol. The van der Waals surface area contributed by atoms with Crippen molar-refractivity contribution in [2.45, 2.75) is 6.29 Å². The molecule has 0 saturated heterocycles. The van der Waals surface area contributed by atoms with Crippen LogP contribution in [0.3, 0.4) is 0 Å². The van der Waals surface area contributed by atoms with Crippen LogP contribution in [0.5, 0.6) is 0 Å². The van der Waals surface area contributed by atoms with Crippen molar-refractivity contribution >= 4 is 6.08 Å². The van der Waals surface area contributed by atoms with Crippen molar-refractivity contribution in [3.63, 3.8) is 0 Å². The van der Waals surface area contributed by atoms with Gasteiger partial charge in [-0.1, -0.05) is 36.4 Å². The van der Waals surface area contributed by atoms with Gasteiger partial charge < -0.3 is 10.2 Å². The van der Waals surface area contributed by atoms with E-state index < -0.39 is 6.29 Å². The number of benzene rings is 1. The van der Waals surface area contributed by atoms with Crippen molar-refractivity contribution < 1.29 is 10.2 Å². The Morgan fingerprint density at radius 1 is 1.09 bits per heavy atom. The van der Waals surface area contributed by atoms with Crippen molar-refractivity contribution in [1.82, 2.24) is 0 Å². The summed E-state index contributed by atoms with van der Waals surface area (Å²) in [5, 5.41) is 17.0. The molecule has 0 aliphatic rings. The van der Waals surface area contributed by atoms with Crippen molar-refractivity contribution in [2.75, 3.05) is 0 Å².